The largest absolute Gasteiger partial charge is 0.465 e. The molecule has 3 nitrogen and oxygen atoms in total. The summed E-state index contributed by atoms with van der Waals surface area (Å²) in [6.07, 6.45) is 0.808. The zero-order valence-electron chi connectivity index (χ0n) is 13.6. The molecule has 1 heterocycles. The maximum atomic E-state index is 12.7. The maximum Gasteiger partial charge on any atom is 0.317 e. The highest BCUT2D eigenvalue weighted by molar-refractivity contribution is 5.84. The van der Waals surface area contributed by atoms with Gasteiger partial charge in [0.1, 0.15) is 5.41 Å². The molecule has 1 fully saturated rings. The van der Waals surface area contributed by atoms with E-state index in [0.717, 1.165) is 25.1 Å². The fraction of sp³-hybridized carbons (Fsp3) is 0.350. The number of rotatable bonds is 5. The van der Waals surface area contributed by atoms with Gasteiger partial charge in [0.15, 0.2) is 0 Å². The fourth-order valence-corrected chi connectivity index (χ4v) is 3.41. The Morgan fingerprint density at radius 1 is 1.09 bits per heavy atom. The van der Waals surface area contributed by atoms with E-state index in [1.165, 1.54) is 5.56 Å². The van der Waals surface area contributed by atoms with Crippen LogP contribution in [0.25, 0.3) is 0 Å². The number of carbonyl (C=O) groups excluding carboxylic acids is 1. The predicted octanol–water partition coefficient (Wildman–Crippen LogP) is 3.39. The molecule has 0 N–H and O–H groups in total. The summed E-state index contributed by atoms with van der Waals surface area (Å²) >= 11 is 0. The number of ether oxygens (including phenoxy) is 1. The van der Waals surface area contributed by atoms with Gasteiger partial charge in [-0.3, -0.25) is 9.69 Å². The molecule has 0 spiro atoms. The molecule has 1 aliphatic rings. The van der Waals surface area contributed by atoms with Gasteiger partial charge in [0, 0.05) is 19.6 Å². The van der Waals surface area contributed by atoms with Gasteiger partial charge in [0.2, 0.25) is 0 Å². The molecular weight excluding hydrogens is 286 g/mol. The summed E-state index contributed by atoms with van der Waals surface area (Å²) in [7, 11) is 0. The minimum absolute atomic E-state index is 0.0956. The van der Waals surface area contributed by atoms with Crippen LogP contribution in [0.5, 0.6) is 0 Å². The van der Waals surface area contributed by atoms with Crippen LogP contribution < -0.4 is 0 Å². The Kier molecular flexibility index (Phi) is 4.77. The molecule has 0 aromatic heterocycles. The molecular formula is C20H23NO2. The standard InChI is InChI=1S/C20H23NO2/c1-2-23-19(22)20(18-11-7-4-8-12-18)13-14-21(16-20)15-17-9-5-3-6-10-17/h3-12H,2,13-16H2,1H3/t20-/m0/s1. The van der Waals surface area contributed by atoms with Crippen LogP contribution in [0.4, 0.5) is 0 Å². The number of hydrogen-bond acceptors (Lipinski definition) is 3. The van der Waals surface area contributed by atoms with E-state index in [9.17, 15) is 4.79 Å². The predicted molar refractivity (Wildman–Crippen MR) is 91.1 cm³/mol. The molecule has 2 aromatic rings. The summed E-state index contributed by atoms with van der Waals surface area (Å²) in [6, 6.07) is 20.5. The third kappa shape index (κ3) is 3.30. The van der Waals surface area contributed by atoms with Crippen LogP contribution >= 0.6 is 0 Å². The molecule has 0 saturated carbocycles. The van der Waals surface area contributed by atoms with Gasteiger partial charge in [-0.2, -0.15) is 0 Å². The molecule has 0 radical (unpaired) electrons. The van der Waals surface area contributed by atoms with Crippen LogP contribution in [-0.4, -0.2) is 30.6 Å². The van der Waals surface area contributed by atoms with Crippen molar-refractivity contribution in [3.63, 3.8) is 0 Å². The van der Waals surface area contributed by atoms with E-state index in [2.05, 4.69) is 29.2 Å². The molecule has 2 aromatic carbocycles. The highest BCUT2D eigenvalue weighted by atomic mass is 16.5. The molecule has 0 bridgehead atoms. The summed E-state index contributed by atoms with van der Waals surface area (Å²) < 4.78 is 5.42. The molecule has 0 aliphatic carbocycles. The van der Waals surface area contributed by atoms with E-state index >= 15 is 0 Å². The van der Waals surface area contributed by atoms with E-state index in [0.29, 0.717) is 13.2 Å². The molecule has 0 amide bonds. The number of likely N-dealkylation sites (tertiary alicyclic amines) is 1. The van der Waals surface area contributed by atoms with E-state index in [1.807, 2.05) is 43.3 Å². The molecule has 120 valence electrons. The molecule has 3 heteroatoms. The maximum absolute atomic E-state index is 12.7. The second kappa shape index (κ2) is 6.97. The average Bonchev–Trinajstić information content (AvgIpc) is 3.02. The first kappa shape index (κ1) is 15.8. The Bertz CT molecular complexity index is 641. The van der Waals surface area contributed by atoms with Crippen molar-refractivity contribution in [3.8, 4) is 0 Å². The first-order valence-electron chi connectivity index (χ1n) is 8.23. The van der Waals surface area contributed by atoms with Crippen molar-refractivity contribution in [2.75, 3.05) is 19.7 Å². The van der Waals surface area contributed by atoms with Crippen molar-refractivity contribution in [2.24, 2.45) is 0 Å². The van der Waals surface area contributed by atoms with Gasteiger partial charge in [-0.25, -0.2) is 0 Å². The zero-order valence-corrected chi connectivity index (χ0v) is 13.6. The van der Waals surface area contributed by atoms with Crippen molar-refractivity contribution in [1.29, 1.82) is 0 Å². The lowest BCUT2D eigenvalue weighted by molar-refractivity contribution is -0.149. The van der Waals surface area contributed by atoms with Gasteiger partial charge in [0.05, 0.1) is 6.61 Å². The van der Waals surface area contributed by atoms with E-state index < -0.39 is 5.41 Å². The normalized spacial score (nSPS) is 21.3. The summed E-state index contributed by atoms with van der Waals surface area (Å²) in [6.45, 7) is 4.78. The Labute approximate surface area is 137 Å². The average molecular weight is 309 g/mol. The molecule has 1 atom stereocenters. The minimum Gasteiger partial charge on any atom is -0.465 e. The summed E-state index contributed by atoms with van der Waals surface area (Å²) in [5.41, 5.74) is 1.81. The third-order valence-electron chi connectivity index (χ3n) is 4.59. The first-order chi connectivity index (χ1) is 11.2. The van der Waals surface area contributed by atoms with Crippen molar-refractivity contribution in [2.45, 2.75) is 25.3 Å². The number of esters is 1. The molecule has 1 aliphatic heterocycles. The van der Waals surface area contributed by atoms with Crippen LogP contribution in [0.1, 0.15) is 24.5 Å². The lowest BCUT2D eigenvalue weighted by Gasteiger charge is -2.27. The van der Waals surface area contributed by atoms with E-state index in [1.54, 1.807) is 0 Å². The fourth-order valence-electron chi connectivity index (χ4n) is 3.41. The smallest absolute Gasteiger partial charge is 0.317 e. The van der Waals surface area contributed by atoms with Crippen molar-refractivity contribution < 1.29 is 9.53 Å². The second-order valence-electron chi connectivity index (χ2n) is 6.11. The number of nitrogens with zero attached hydrogens (tertiary/aromatic N) is 1. The van der Waals surface area contributed by atoms with Crippen LogP contribution in [0.2, 0.25) is 0 Å². The van der Waals surface area contributed by atoms with E-state index in [4.69, 9.17) is 4.74 Å². The number of hydrogen-bond donors (Lipinski definition) is 0. The van der Waals surface area contributed by atoms with Gasteiger partial charge >= 0.3 is 5.97 Å². The number of carbonyl (C=O) groups is 1. The van der Waals surface area contributed by atoms with Gasteiger partial charge in [-0.1, -0.05) is 60.7 Å². The Balaban J connectivity index is 1.83. The first-order valence-corrected chi connectivity index (χ1v) is 8.23. The van der Waals surface area contributed by atoms with Crippen LogP contribution in [0.3, 0.4) is 0 Å². The molecule has 23 heavy (non-hydrogen) atoms. The van der Waals surface area contributed by atoms with Crippen molar-refractivity contribution in [3.05, 3.63) is 71.8 Å². The molecule has 3 rings (SSSR count). The third-order valence-corrected chi connectivity index (χ3v) is 4.59. The van der Waals surface area contributed by atoms with Crippen LogP contribution in [0, 0.1) is 0 Å². The summed E-state index contributed by atoms with van der Waals surface area (Å²) in [5.74, 6) is -0.0956. The highest BCUT2D eigenvalue weighted by Gasteiger charge is 2.47. The van der Waals surface area contributed by atoms with Crippen molar-refractivity contribution in [1.82, 2.24) is 4.90 Å². The molecule has 0 unspecified atom stereocenters. The topological polar surface area (TPSA) is 29.5 Å². The second-order valence-corrected chi connectivity index (χ2v) is 6.11. The lowest BCUT2D eigenvalue weighted by Crippen LogP contribution is -2.40. The van der Waals surface area contributed by atoms with E-state index in [-0.39, 0.29) is 5.97 Å². The van der Waals surface area contributed by atoms with Gasteiger partial charge in [-0.05, 0) is 24.5 Å². The number of benzene rings is 2. The van der Waals surface area contributed by atoms with Gasteiger partial charge in [-0.15, -0.1) is 0 Å². The van der Waals surface area contributed by atoms with Crippen LogP contribution in [0.15, 0.2) is 60.7 Å². The summed E-state index contributed by atoms with van der Waals surface area (Å²) in [5, 5.41) is 0. The van der Waals surface area contributed by atoms with Crippen LogP contribution in [-0.2, 0) is 21.5 Å². The Morgan fingerprint density at radius 3 is 2.39 bits per heavy atom. The highest BCUT2D eigenvalue weighted by Crippen LogP contribution is 2.36. The quantitative estimate of drug-likeness (QED) is 0.793. The Hall–Kier alpha value is -2.13. The minimum atomic E-state index is -0.536. The summed E-state index contributed by atoms with van der Waals surface area (Å²) in [4.78, 5) is 15.1. The lowest BCUT2D eigenvalue weighted by atomic mass is 9.79. The van der Waals surface area contributed by atoms with Crippen molar-refractivity contribution >= 4 is 5.97 Å². The SMILES string of the molecule is CCOC(=O)[C@@]1(c2ccccc2)CCN(Cc2ccccc2)C1. The Morgan fingerprint density at radius 2 is 1.74 bits per heavy atom. The zero-order chi connectivity index (χ0) is 16.1. The monoisotopic (exact) mass is 309 g/mol. The molecule has 1 saturated heterocycles. The van der Waals surface area contributed by atoms with Gasteiger partial charge in [0.25, 0.3) is 0 Å². The van der Waals surface area contributed by atoms with Gasteiger partial charge < -0.3 is 4.74 Å².